The molecule has 0 saturated carbocycles. The number of carbonyl (C=O) groups is 1. The highest BCUT2D eigenvalue weighted by Gasteiger charge is 2.12. The summed E-state index contributed by atoms with van der Waals surface area (Å²) in [6.45, 7) is 10.7. The van der Waals surface area contributed by atoms with E-state index in [9.17, 15) is 0 Å². The molecule has 0 heterocycles. The fourth-order valence-electron chi connectivity index (χ4n) is 2.91. The molecule has 0 radical (unpaired) electrons. The normalized spacial score (nSPS) is 10.3. The Labute approximate surface area is 177 Å². The highest BCUT2D eigenvalue weighted by atomic mass is 16.3. The monoisotopic (exact) mass is 400 g/mol. The fourth-order valence-corrected chi connectivity index (χ4v) is 2.91. The molecule has 0 unspecified atom stereocenters. The van der Waals surface area contributed by atoms with Crippen molar-refractivity contribution in [3.05, 3.63) is 59.7 Å². The number of aryl methyl sites for hydroxylation is 1. The summed E-state index contributed by atoms with van der Waals surface area (Å²) in [5, 5.41) is 18.2. The van der Waals surface area contributed by atoms with Gasteiger partial charge in [0.1, 0.15) is 18.3 Å². The molecule has 0 saturated heterocycles. The van der Waals surface area contributed by atoms with Crippen LogP contribution in [0.5, 0.6) is 11.5 Å². The van der Waals surface area contributed by atoms with Gasteiger partial charge in [0.15, 0.2) is 0 Å². The maximum Gasteiger partial charge on any atom is 0.115 e. The van der Waals surface area contributed by atoms with E-state index < -0.39 is 0 Å². The van der Waals surface area contributed by atoms with Crippen molar-refractivity contribution in [3.63, 3.8) is 0 Å². The first kappa shape index (κ1) is 26.7. The van der Waals surface area contributed by atoms with Crippen molar-refractivity contribution in [1.82, 2.24) is 0 Å². The smallest absolute Gasteiger partial charge is 0.115 e. The lowest BCUT2D eigenvalue weighted by molar-refractivity contribution is -0.0979. The molecule has 2 rings (SSSR count). The number of rotatable bonds is 8. The molecule has 3 nitrogen and oxygen atoms in total. The molecular formula is C26H40O3. The Kier molecular flexibility index (Phi) is 14.4. The average molecular weight is 401 g/mol. The van der Waals surface area contributed by atoms with Gasteiger partial charge in [-0.15, -0.1) is 0 Å². The Balaban J connectivity index is 0.000000526. The lowest BCUT2D eigenvalue weighted by atomic mass is 9.87. The molecule has 0 aliphatic rings. The van der Waals surface area contributed by atoms with E-state index in [0.29, 0.717) is 11.5 Å². The van der Waals surface area contributed by atoms with Gasteiger partial charge in [-0.1, -0.05) is 90.5 Å². The van der Waals surface area contributed by atoms with Gasteiger partial charge in [-0.2, -0.15) is 0 Å². The second kappa shape index (κ2) is 15.6. The molecule has 0 aliphatic carbocycles. The summed E-state index contributed by atoms with van der Waals surface area (Å²) in [5.41, 5.74) is 2.76. The average Bonchev–Trinajstić information content (AvgIpc) is 2.70. The van der Waals surface area contributed by atoms with Crippen LogP contribution in [0, 0.1) is 0 Å². The van der Waals surface area contributed by atoms with Gasteiger partial charge in [-0.05, 0) is 53.6 Å². The van der Waals surface area contributed by atoms with Crippen LogP contribution >= 0.6 is 0 Å². The van der Waals surface area contributed by atoms with E-state index in [-0.39, 0.29) is 5.41 Å². The fraction of sp³-hybridized carbons (Fsp3) is 0.500. The Bertz CT molecular complexity index is 624. The predicted octanol–water partition coefficient (Wildman–Crippen LogP) is 7.19. The Morgan fingerprint density at radius 3 is 1.55 bits per heavy atom. The number of phenols is 2. The van der Waals surface area contributed by atoms with Crippen molar-refractivity contribution in [2.75, 3.05) is 0 Å². The molecule has 0 aliphatic heterocycles. The molecule has 2 N–H and O–H groups in total. The van der Waals surface area contributed by atoms with Gasteiger partial charge in [0.25, 0.3) is 0 Å². The molecule has 0 atom stereocenters. The van der Waals surface area contributed by atoms with Gasteiger partial charge in [-0.25, -0.2) is 0 Å². The van der Waals surface area contributed by atoms with Crippen molar-refractivity contribution >= 4 is 6.79 Å². The molecule has 2 aromatic rings. The third kappa shape index (κ3) is 13.5. The molecule has 2 aromatic carbocycles. The highest BCUT2D eigenvalue weighted by molar-refractivity contribution is 5.30. The number of benzene rings is 2. The Morgan fingerprint density at radius 1 is 0.690 bits per heavy atom. The molecule has 0 fully saturated rings. The van der Waals surface area contributed by atoms with Crippen LogP contribution in [0.2, 0.25) is 0 Å². The van der Waals surface area contributed by atoms with Crippen molar-refractivity contribution in [2.24, 2.45) is 0 Å². The molecule has 0 bridgehead atoms. The molecule has 29 heavy (non-hydrogen) atoms. The van der Waals surface area contributed by atoms with Crippen LogP contribution in [-0.2, 0) is 16.6 Å². The third-order valence-corrected chi connectivity index (χ3v) is 4.74. The minimum absolute atomic E-state index is 0.174. The standard InChI is InChI=1S/C15H24O.C10H14O.CH2O/c1-2-3-4-5-6-7-8-9-14-10-12-15(16)13-11-14;1-10(2,3)8-4-6-9(11)7-5-8;1-2/h10-13,16H,2-9H2,1H3;4-7,11H,1-3H3;1H2. The predicted molar refractivity (Wildman–Crippen MR) is 124 cm³/mol. The second-order valence-corrected chi connectivity index (χ2v) is 8.33. The first-order chi connectivity index (χ1) is 13.8. The first-order valence-corrected chi connectivity index (χ1v) is 10.7. The Morgan fingerprint density at radius 2 is 1.10 bits per heavy atom. The van der Waals surface area contributed by atoms with E-state index in [1.807, 2.05) is 31.1 Å². The van der Waals surface area contributed by atoms with Gasteiger partial charge >= 0.3 is 0 Å². The van der Waals surface area contributed by atoms with Crippen LogP contribution in [-0.4, -0.2) is 17.0 Å². The number of hydrogen-bond acceptors (Lipinski definition) is 3. The van der Waals surface area contributed by atoms with Gasteiger partial charge in [0.2, 0.25) is 0 Å². The minimum Gasteiger partial charge on any atom is -0.508 e. The van der Waals surface area contributed by atoms with E-state index in [2.05, 4.69) is 27.7 Å². The van der Waals surface area contributed by atoms with Crippen LogP contribution in [0.15, 0.2) is 48.5 Å². The maximum atomic E-state index is 9.15. The number of aromatic hydroxyl groups is 2. The summed E-state index contributed by atoms with van der Waals surface area (Å²) in [4.78, 5) is 8.00. The van der Waals surface area contributed by atoms with E-state index in [1.165, 1.54) is 56.1 Å². The molecular weight excluding hydrogens is 360 g/mol. The van der Waals surface area contributed by atoms with Gasteiger partial charge in [0, 0.05) is 0 Å². The van der Waals surface area contributed by atoms with Crippen molar-refractivity contribution in [3.8, 4) is 11.5 Å². The minimum atomic E-state index is 0.174. The first-order valence-electron chi connectivity index (χ1n) is 10.7. The van der Waals surface area contributed by atoms with Crippen LogP contribution in [0.25, 0.3) is 0 Å². The number of phenolic OH excluding ortho intramolecular Hbond substituents is 2. The topological polar surface area (TPSA) is 57.5 Å². The maximum absolute atomic E-state index is 9.15. The quantitative estimate of drug-likeness (QED) is 0.461. The van der Waals surface area contributed by atoms with Crippen molar-refractivity contribution in [1.29, 1.82) is 0 Å². The van der Waals surface area contributed by atoms with E-state index in [4.69, 9.17) is 15.0 Å². The zero-order valence-electron chi connectivity index (χ0n) is 18.8. The number of carbonyl (C=O) groups excluding carboxylic acids is 1. The lowest BCUT2D eigenvalue weighted by Gasteiger charge is -2.18. The van der Waals surface area contributed by atoms with Gasteiger partial charge < -0.3 is 15.0 Å². The summed E-state index contributed by atoms with van der Waals surface area (Å²) in [6, 6.07) is 14.9. The molecule has 0 spiro atoms. The zero-order valence-corrected chi connectivity index (χ0v) is 18.8. The van der Waals surface area contributed by atoms with Crippen molar-refractivity contribution < 1.29 is 15.0 Å². The highest BCUT2D eigenvalue weighted by Crippen LogP contribution is 2.23. The summed E-state index contributed by atoms with van der Waals surface area (Å²) in [7, 11) is 0. The van der Waals surface area contributed by atoms with Crippen LogP contribution in [0.4, 0.5) is 0 Å². The molecule has 0 amide bonds. The third-order valence-electron chi connectivity index (χ3n) is 4.74. The summed E-state index contributed by atoms with van der Waals surface area (Å²) in [6.07, 6.45) is 10.6. The largest absolute Gasteiger partial charge is 0.508 e. The molecule has 3 heteroatoms. The number of unbranched alkanes of at least 4 members (excludes halogenated alkanes) is 6. The van der Waals surface area contributed by atoms with Crippen LogP contribution in [0.3, 0.4) is 0 Å². The number of hydrogen-bond donors (Lipinski definition) is 2. The van der Waals surface area contributed by atoms with Crippen LogP contribution in [0.1, 0.15) is 83.8 Å². The SMILES string of the molecule is C=O.CC(C)(C)c1ccc(O)cc1.CCCCCCCCCc1ccc(O)cc1. The Hall–Kier alpha value is -2.29. The van der Waals surface area contributed by atoms with Gasteiger partial charge in [0.05, 0.1) is 0 Å². The van der Waals surface area contributed by atoms with Crippen molar-refractivity contribution in [2.45, 2.75) is 84.5 Å². The van der Waals surface area contributed by atoms with E-state index in [1.54, 1.807) is 24.3 Å². The zero-order chi connectivity index (χ0) is 22.1. The summed E-state index contributed by atoms with van der Waals surface area (Å²) in [5.74, 6) is 0.696. The van der Waals surface area contributed by atoms with Gasteiger partial charge in [-0.3, -0.25) is 0 Å². The van der Waals surface area contributed by atoms with E-state index >= 15 is 0 Å². The molecule has 162 valence electrons. The summed E-state index contributed by atoms with van der Waals surface area (Å²) >= 11 is 0. The van der Waals surface area contributed by atoms with E-state index in [0.717, 1.165) is 6.42 Å². The summed E-state index contributed by atoms with van der Waals surface area (Å²) < 4.78 is 0. The lowest BCUT2D eigenvalue weighted by Crippen LogP contribution is -2.10. The second-order valence-electron chi connectivity index (χ2n) is 8.33. The van der Waals surface area contributed by atoms with Crippen LogP contribution < -0.4 is 0 Å². The molecule has 0 aromatic heterocycles.